The van der Waals surface area contributed by atoms with Gasteiger partial charge >= 0.3 is 0 Å². The molecular formula is C49H41N. The summed E-state index contributed by atoms with van der Waals surface area (Å²) in [4.78, 5) is 0. The van der Waals surface area contributed by atoms with Crippen LogP contribution in [0.3, 0.4) is 0 Å². The maximum absolute atomic E-state index is 8.89. The molecule has 0 spiro atoms. The second-order valence-electron chi connectivity index (χ2n) is 13.4. The molecule has 7 rings (SSSR count). The smallest absolute Gasteiger partial charge is 0.0618 e. The van der Waals surface area contributed by atoms with Crippen molar-refractivity contribution in [3.8, 4) is 33.4 Å². The number of nitrogens with one attached hydrogen (secondary N) is 1. The number of benzene rings is 6. The normalized spacial score (nSPS) is 13.8. The molecule has 6 aromatic carbocycles. The van der Waals surface area contributed by atoms with Gasteiger partial charge in [-0.1, -0.05) is 166 Å². The topological polar surface area (TPSA) is 23.9 Å². The quantitative estimate of drug-likeness (QED) is 0.152. The van der Waals surface area contributed by atoms with E-state index in [0.717, 1.165) is 33.4 Å². The van der Waals surface area contributed by atoms with Crippen LogP contribution in [0.4, 0.5) is 0 Å². The van der Waals surface area contributed by atoms with Crippen molar-refractivity contribution < 1.29 is 0 Å². The summed E-state index contributed by atoms with van der Waals surface area (Å²) in [5, 5.41) is 8.89. The predicted octanol–water partition coefficient (Wildman–Crippen LogP) is 13.0. The van der Waals surface area contributed by atoms with Crippen LogP contribution < -0.4 is 0 Å². The molecule has 0 unspecified atom stereocenters. The van der Waals surface area contributed by atoms with Crippen molar-refractivity contribution >= 4 is 16.9 Å². The van der Waals surface area contributed by atoms with Crippen molar-refractivity contribution in [2.75, 3.05) is 0 Å². The van der Waals surface area contributed by atoms with E-state index in [9.17, 15) is 0 Å². The zero-order valence-electron chi connectivity index (χ0n) is 29.0. The molecule has 1 aliphatic carbocycles. The Morgan fingerprint density at radius 1 is 0.560 bits per heavy atom. The molecule has 0 saturated carbocycles. The molecule has 1 heteroatoms. The van der Waals surface area contributed by atoms with Gasteiger partial charge in [0.05, 0.1) is 5.71 Å². The second kappa shape index (κ2) is 13.8. The molecule has 0 heterocycles. The highest BCUT2D eigenvalue weighted by atomic mass is 14.4. The standard InChI is InChI=1S/C49H41N/c1-5-16-43-44-28-27-41(32-47(44)49(3,4)46(43)6-2)39-24-14-22-37(30-39)36-21-13-23-38(29-36)40-25-15-26-42(31-40)45(34-17-9-7-10-18-34)33-48(50)35-19-11-8-12-20-35/h5-33,50H,2H2,1,3-4H3/b16-5-,45-33+,50-48?. The van der Waals surface area contributed by atoms with Crippen molar-refractivity contribution in [3.05, 3.63) is 216 Å². The van der Waals surface area contributed by atoms with Gasteiger partial charge in [-0.3, -0.25) is 0 Å². The van der Waals surface area contributed by atoms with Crippen molar-refractivity contribution in [2.45, 2.75) is 26.2 Å². The molecule has 0 radical (unpaired) electrons. The predicted molar refractivity (Wildman–Crippen MR) is 214 cm³/mol. The van der Waals surface area contributed by atoms with Gasteiger partial charge in [0.25, 0.3) is 0 Å². The van der Waals surface area contributed by atoms with Crippen LogP contribution in [0.1, 0.15) is 48.6 Å². The van der Waals surface area contributed by atoms with Crippen LogP contribution in [-0.2, 0) is 5.41 Å². The van der Waals surface area contributed by atoms with Gasteiger partial charge in [0.2, 0.25) is 0 Å². The molecule has 0 amide bonds. The molecule has 0 aromatic heterocycles. The van der Waals surface area contributed by atoms with Gasteiger partial charge < -0.3 is 5.41 Å². The molecule has 0 atom stereocenters. The summed E-state index contributed by atoms with van der Waals surface area (Å²) >= 11 is 0. The zero-order valence-corrected chi connectivity index (χ0v) is 29.0. The van der Waals surface area contributed by atoms with Gasteiger partial charge in [-0.25, -0.2) is 0 Å². The lowest BCUT2D eigenvalue weighted by molar-refractivity contribution is 0.655. The molecule has 50 heavy (non-hydrogen) atoms. The minimum Gasteiger partial charge on any atom is -0.300 e. The average Bonchev–Trinajstić information content (AvgIpc) is 3.38. The third kappa shape index (κ3) is 6.27. The summed E-state index contributed by atoms with van der Waals surface area (Å²) in [7, 11) is 0. The van der Waals surface area contributed by atoms with Gasteiger partial charge in [0.15, 0.2) is 0 Å². The highest BCUT2D eigenvalue weighted by Crippen LogP contribution is 2.48. The third-order valence-corrected chi connectivity index (χ3v) is 9.84. The zero-order chi connectivity index (χ0) is 34.7. The molecule has 0 aliphatic heterocycles. The first kappa shape index (κ1) is 32.5. The molecular weight excluding hydrogens is 603 g/mol. The minimum atomic E-state index is -0.111. The summed E-state index contributed by atoms with van der Waals surface area (Å²) in [5.41, 5.74) is 16.7. The molecule has 0 bridgehead atoms. The number of allylic oxidation sites excluding steroid dienone is 6. The Balaban J connectivity index is 1.23. The Morgan fingerprint density at radius 3 is 1.62 bits per heavy atom. The second-order valence-corrected chi connectivity index (χ2v) is 13.4. The maximum atomic E-state index is 8.89. The van der Waals surface area contributed by atoms with E-state index in [-0.39, 0.29) is 5.41 Å². The molecule has 0 fully saturated rings. The Bertz CT molecular complexity index is 2310. The molecule has 1 N–H and O–H groups in total. The fourth-order valence-electron chi connectivity index (χ4n) is 7.23. The first-order valence-electron chi connectivity index (χ1n) is 17.2. The van der Waals surface area contributed by atoms with E-state index in [1.165, 1.54) is 44.5 Å². The van der Waals surface area contributed by atoms with E-state index in [0.29, 0.717) is 5.71 Å². The van der Waals surface area contributed by atoms with Crippen LogP contribution in [0.25, 0.3) is 44.5 Å². The van der Waals surface area contributed by atoms with Crippen LogP contribution in [0.5, 0.6) is 0 Å². The summed E-state index contributed by atoms with van der Waals surface area (Å²) in [6.07, 6.45) is 8.33. The van der Waals surface area contributed by atoms with E-state index in [1.54, 1.807) is 0 Å². The van der Waals surface area contributed by atoms with Crippen LogP contribution in [-0.4, -0.2) is 5.71 Å². The lowest BCUT2D eigenvalue weighted by Crippen LogP contribution is -2.16. The van der Waals surface area contributed by atoms with Gasteiger partial charge in [-0.2, -0.15) is 0 Å². The average molecular weight is 644 g/mol. The lowest BCUT2D eigenvalue weighted by atomic mass is 9.80. The van der Waals surface area contributed by atoms with E-state index < -0.39 is 0 Å². The summed E-state index contributed by atoms with van der Waals surface area (Å²) in [5.74, 6) is 0. The number of hydrogen-bond acceptors (Lipinski definition) is 1. The number of hydrogen-bond donors (Lipinski definition) is 1. The van der Waals surface area contributed by atoms with Crippen molar-refractivity contribution in [1.29, 1.82) is 5.41 Å². The monoisotopic (exact) mass is 643 g/mol. The van der Waals surface area contributed by atoms with Crippen LogP contribution in [0.15, 0.2) is 188 Å². The first-order chi connectivity index (χ1) is 24.4. The van der Waals surface area contributed by atoms with Crippen molar-refractivity contribution in [3.63, 3.8) is 0 Å². The highest BCUT2D eigenvalue weighted by Gasteiger charge is 2.35. The van der Waals surface area contributed by atoms with Crippen molar-refractivity contribution in [2.24, 2.45) is 0 Å². The summed E-state index contributed by atoms with van der Waals surface area (Å²) < 4.78 is 0. The highest BCUT2D eigenvalue weighted by molar-refractivity contribution is 6.12. The molecule has 1 nitrogen and oxygen atoms in total. The minimum absolute atomic E-state index is 0.111. The largest absolute Gasteiger partial charge is 0.300 e. The summed E-state index contributed by atoms with van der Waals surface area (Å²) in [6, 6.07) is 53.5. The Hall–Kier alpha value is -6.05. The van der Waals surface area contributed by atoms with Crippen LogP contribution in [0, 0.1) is 5.41 Å². The van der Waals surface area contributed by atoms with E-state index in [2.05, 4.69) is 155 Å². The van der Waals surface area contributed by atoms with E-state index >= 15 is 0 Å². The summed E-state index contributed by atoms with van der Waals surface area (Å²) in [6.45, 7) is 10.8. The van der Waals surface area contributed by atoms with E-state index in [4.69, 9.17) is 5.41 Å². The Kier molecular flexibility index (Phi) is 8.98. The maximum Gasteiger partial charge on any atom is 0.0618 e. The van der Waals surface area contributed by atoms with Gasteiger partial charge in [0.1, 0.15) is 0 Å². The Morgan fingerprint density at radius 2 is 1.06 bits per heavy atom. The Labute approximate surface area is 296 Å². The van der Waals surface area contributed by atoms with Gasteiger partial charge in [-0.15, -0.1) is 0 Å². The van der Waals surface area contributed by atoms with Gasteiger partial charge in [-0.05, 0) is 115 Å². The molecule has 1 aliphatic rings. The fraction of sp³-hybridized carbons (Fsp3) is 0.0816. The van der Waals surface area contributed by atoms with E-state index in [1.807, 2.05) is 48.6 Å². The molecule has 242 valence electrons. The molecule has 0 saturated heterocycles. The SMILES string of the molecule is C=CC1=C(/C=C\C)c2ccc(-c3cccc(-c4cccc(-c5cccc(/C(=C/C(=N)c6ccccc6)c6ccccc6)c5)c4)c3)cc2C1(C)C. The van der Waals surface area contributed by atoms with Crippen LogP contribution in [0.2, 0.25) is 0 Å². The van der Waals surface area contributed by atoms with Crippen LogP contribution >= 0.6 is 0 Å². The lowest BCUT2D eigenvalue weighted by Gasteiger charge is -2.23. The van der Waals surface area contributed by atoms with Crippen molar-refractivity contribution in [1.82, 2.24) is 0 Å². The molecule has 6 aromatic rings. The third-order valence-electron chi connectivity index (χ3n) is 9.84. The number of fused-ring (bicyclic) bond motifs is 1. The fourth-order valence-corrected chi connectivity index (χ4v) is 7.23. The van der Waals surface area contributed by atoms with Gasteiger partial charge in [0, 0.05) is 5.41 Å². The number of rotatable bonds is 9. The first-order valence-corrected chi connectivity index (χ1v) is 17.2.